The number of carboxylic acids is 1. The number of hydrogen-bond donors (Lipinski definition) is 0. The molecular formula is C9H8N3O3S-. The monoisotopic (exact) mass is 238 g/mol. The number of carboxylic acid groups (broad SMARTS) is 1. The maximum absolute atomic E-state index is 10.3. The summed E-state index contributed by atoms with van der Waals surface area (Å²) >= 11 is 1.06. The van der Waals surface area contributed by atoms with Gasteiger partial charge in [0.25, 0.3) is 0 Å². The van der Waals surface area contributed by atoms with Crippen molar-refractivity contribution in [3.8, 4) is 11.6 Å². The first-order chi connectivity index (χ1) is 7.68. The van der Waals surface area contributed by atoms with Gasteiger partial charge in [-0.15, -0.1) is 10.2 Å². The fourth-order valence-electron chi connectivity index (χ4n) is 1.18. The van der Waals surface area contributed by atoms with Gasteiger partial charge in [-0.05, 0) is 12.1 Å². The lowest BCUT2D eigenvalue weighted by molar-refractivity contribution is -0.301. The SMILES string of the molecule is Cn1c(SCC(=O)[O-])nnc1-c1ccco1. The Morgan fingerprint density at radius 2 is 2.44 bits per heavy atom. The van der Waals surface area contributed by atoms with E-state index in [1.54, 1.807) is 23.7 Å². The minimum atomic E-state index is -1.13. The van der Waals surface area contributed by atoms with Gasteiger partial charge in [0.15, 0.2) is 16.7 Å². The number of carbonyl (C=O) groups excluding carboxylic acids is 1. The molecule has 84 valence electrons. The quantitative estimate of drug-likeness (QED) is 0.692. The Morgan fingerprint density at radius 1 is 1.62 bits per heavy atom. The molecule has 0 saturated carbocycles. The van der Waals surface area contributed by atoms with E-state index in [0.717, 1.165) is 11.8 Å². The van der Waals surface area contributed by atoms with Crippen LogP contribution in [0.5, 0.6) is 0 Å². The number of nitrogens with zero attached hydrogens (tertiary/aromatic N) is 3. The molecule has 16 heavy (non-hydrogen) atoms. The van der Waals surface area contributed by atoms with E-state index >= 15 is 0 Å². The van der Waals surface area contributed by atoms with E-state index in [-0.39, 0.29) is 5.75 Å². The molecule has 0 aromatic carbocycles. The summed E-state index contributed by atoms with van der Waals surface area (Å²) in [6.45, 7) is 0. The molecule has 0 unspecified atom stereocenters. The Morgan fingerprint density at radius 3 is 3.06 bits per heavy atom. The van der Waals surface area contributed by atoms with Gasteiger partial charge in [0.2, 0.25) is 0 Å². The smallest absolute Gasteiger partial charge is 0.200 e. The van der Waals surface area contributed by atoms with E-state index in [0.29, 0.717) is 16.7 Å². The molecule has 7 heteroatoms. The van der Waals surface area contributed by atoms with Crippen LogP contribution in [0.25, 0.3) is 11.6 Å². The number of aliphatic carboxylic acids is 1. The van der Waals surface area contributed by atoms with Gasteiger partial charge in [-0.2, -0.15) is 0 Å². The van der Waals surface area contributed by atoms with Crippen LogP contribution in [0.3, 0.4) is 0 Å². The zero-order chi connectivity index (χ0) is 11.5. The van der Waals surface area contributed by atoms with Crippen molar-refractivity contribution in [1.29, 1.82) is 0 Å². The van der Waals surface area contributed by atoms with Gasteiger partial charge in [0.1, 0.15) is 0 Å². The molecule has 2 aromatic rings. The maximum Gasteiger partial charge on any atom is 0.200 e. The number of aromatic nitrogens is 3. The van der Waals surface area contributed by atoms with Gasteiger partial charge in [0.05, 0.1) is 12.2 Å². The van der Waals surface area contributed by atoms with Crippen LogP contribution in [-0.4, -0.2) is 26.5 Å². The molecule has 0 amide bonds. The molecule has 0 aliphatic carbocycles. The topological polar surface area (TPSA) is 84.0 Å². The molecule has 0 N–H and O–H groups in total. The largest absolute Gasteiger partial charge is 0.549 e. The normalized spacial score (nSPS) is 10.6. The minimum Gasteiger partial charge on any atom is -0.549 e. The minimum absolute atomic E-state index is 0.149. The highest BCUT2D eigenvalue weighted by Crippen LogP contribution is 2.22. The van der Waals surface area contributed by atoms with Gasteiger partial charge in [-0.25, -0.2) is 0 Å². The summed E-state index contributed by atoms with van der Waals surface area (Å²) in [6.07, 6.45) is 1.54. The molecule has 2 aromatic heterocycles. The van der Waals surface area contributed by atoms with Crippen molar-refractivity contribution in [2.45, 2.75) is 5.16 Å². The third-order valence-corrected chi connectivity index (χ3v) is 2.89. The molecule has 0 atom stereocenters. The average molecular weight is 238 g/mol. The van der Waals surface area contributed by atoms with Crippen LogP contribution in [0.1, 0.15) is 0 Å². The van der Waals surface area contributed by atoms with Crippen LogP contribution in [0.4, 0.5) is 0 Å². The Hall–Kier alpha value is -1.76. The third kappa shape index (κ3) is 2.08. The van der Waals surface area contributed by atoms with Crippen molar-refractivity contribution < 1.29 is 14.3 Å². The van der Waals surface area contributed by atoms with Gasteiger partial charge >= 0.3 is 0 Å². The molecule has 0 bridgehead atoms. The first-order valence-electron chi connectivity index (χ1n) is 4.44. The molecule has 0 radical (unpaired) electrons. The number of hydrogen-bond acceptors (Lipinski definition) is 6. The number of carbonyl (C=O) groups is 1. The Bertz CT molecular complexity index is 492. The van der Waals surface area contributed by atoms with Crippen molar-refractivity contribution in [1.82, 2.24) is 14.8 Å². The highest BCUT2D eigenvalue weighted by Gasteiger charge is 2.12. The highest BCUT2D eigenvalue weighted by atomic mass is 32.2. The lowest BCUT2D eigenvalue weighted by atomic mass is 10.4. The molecular weight excluding hydrogens is 230 g/mol. The molecule has 0 aliphatic heterocycles. The molecule has 6 nitrogen and oxygen atoms in total. The first-order valence-corrected chi connectivity index (χ1v) is 5.43. The van der Waals surface area contributed by atoms with Gasteiger partial charge in [-0.1, -0.05) is 11.8 Å². The number of rotatable bonds is 4. The van der Waals surface area contributed by atoms with Crippen molar-refractivity contribution in [2.24, 2.45) is 7.05 Å². The molecule has 0 aliphatic rings. The molecule has 0 fully saturated rings. The van der Waals surface area contributed by atoms with Gasteiger partial charge in [0, 0.05) is 12.8 Å². The number of thioether (sulfide) groups is 1. The van der Waals surface area contributed by atoms with Crippen molar-refractivity contribution in [3.05, 3.63) is 18.4 Å². The Kier molecular flexibility index (Phi) is 2.95. The summed E-state index contributed by atoms with van der Waals surface area (Å²) in [5.74, 6) is -0.127. The van der Waals surface area contributed by atoms with E-state index in [4.69, 9.17) is 4.42 Å². The molecule has 2 rings (SSSR count). The second-order valence-corrected chi connectivity index (χ2v) is 3.95. The van der Waals surface area contributed by atoms with Gasteiger partial charge < -0.3 is 18.9 Å². The third-order valence-electron chi connectivity index (χ3n) is 1.90. The zero-order valence-corrected chi connectivity index (χ0v) is 9.23. The van der Waals surface area contributed by atoms with Crippen LogP contribution < -0.4 is 5.11 Å². The van der Waals surface area contributed by atoms with Crippen molar-refractivity contribution >= 4 is 17.7 Å². The summed E-state index contributed by atoms with van der Waals surface area (Å²) < 4.78 is 6.85. The van der Waals surface area contributed by atoms with Crippen LogP contribution >= 0.6 is 11.8 Å². The molecule has 2 heterocycles. The number of furan rings is 1. The standard InChI is InChI=1S/C9H9N3O3S/c1-12-8(6-3-2-4-15-6)10-11-9(12)16-5-7(13)14/h2-4H,5H2,1H3,(H,13,14)/p-1. The fraction of sp³-hybridized carbons (Fsp3) is 0.222. The predicted octanol–water partition coefficient (Wildman–Crippen LogP) is -0.0829. The molecule has 0 saturated heterocycles. The van der Waals surface area contributed by atoms with E-state index < -0.39 is 5.97 Å². The summed E-state index contributed by atoms with van der Waals surface area (Å²) in [7, 11) is 1.75. The van der Waals surface area contributed by atoms with Crippen molar-refractivity contribution in [3.63, 3.8) is 0 Å². The lowest BCUT2D eigenvalue weighted by Gasteiger charge is -2.02. The zero-order valence-electron chi connectivity index (χ0n) is 8.41. The highest BCUT2D eigenvalue weighted by molar-refractivity contribution is 7.99. The van der Waals surface area contributed by atoms with Crippen LogP contribution in [-0.2, 0) is 11.8 Å². The summed E-state index contributed by atoms with van der Waals surface area (Å²) in [5, 5.41) is 18.6. The average Bonchev–Trinajstić information content (AvgIpc) is 2.84. The fourth-order valence-corrected chi connectivity index (χ4v) is 1.81. The van der Waals surface area contributed by atoms with Crippen LogP contribution in [0.2, 0.25) is 0 Å². The van der Waals surface area contributed by atoms with E-state index in [1.165, 1.54) is 6.26 Å². The Balaban J connectivity index is 2.21. The summed E-state index contributed by atoms with van der Waals surface area (Å²) in [5.41, 5.74) is 0. The van der Waals surface area contributed by atoms with E-state index in [9.17, 15) is 9.90 Å². The van der Waals surface area contributed by atoms with E-state index in [1.807, 2.05) is 0 Å². The van der Waals surface area contributed by atoms with E-state index in [2.05, 4.69) is 10.2 Å². The first kappa shape index (κ1) is 10.7. The lowest BCUT2D eigenvalue weighted by Crippen LogP contribution is -2.24. The second kappa shape index (κ2) is 4.40. The predicted molar refractivity (Wildman–Crippen MR) is 54.4 cm³/mol. The second-order valence-electron chi connectivity index (χ2n) is 3.00. The molecule has 0 spiro atoms. The van der Waals surface area contributed by atoms with Crippen LogP contribution in [0.15, 0.2) is 28.0 Å². The maximum atomic E-state index is 10.3. The Labute approximate surface area is 95.3 Å². The summed E-state index contributed by atoms with van der Waals surface area (Å²) in [6, 6.07) is 3.51. The van der Waals surface area contributed by atoms with Gasteiger partial charge in [-0.3, -0.25) is 0 Å². The summed E-state index contributed by atoms with van der Waals surface area (Å²) in [4.78, 5) is 10.3. The van der Waals surface area contributed by atoms with Crippen molar-refractivity contribution in [2.75, 3.05) is 5.75 Å². The van der Waals surface area contributed by atoms with Crippen LogP contribution in [0, 0.1) is 0 Å².